The highest BCUT2D eigenvalue weighted by Gasteiger charge is 2.34. The standard InChI is InChI=1S/C29H34ClN3O5S2/c1-5-25(29(35)31-3)32(19-21-11-13-22(30)14-12-21)28(34)20-33(26-9-7-8-10-27(26)38-6-2)40(36,37)24-17-15-23(39-4)16-18-24/h7-18,25H,5-6,19-20H2,1-4H3,(H,31,35)/t25-/m0/s1. The maximum absolute atomic E-state index is 14.1. The molecule has 11 heteroatoms. The molecule has 1 N–H and O–H groups in total. The number of hydrogen-bond donors (Lipinski definition) is 1. The third-order valence-electron chi connectivity index (χ3n) is 6.26. The zero-order chi connectivity index (χ0) is 29.3. The van der Waals surface area contributed by atoms with E-state index in [-0.39, 0.29) is 23.0 Å². The van der Waals surface area contributed by atoms with Gasteiger partial charge in [0.1, 0.15) is 18.3 Å². The molecule has 2 amide bonds. The van der Waals surface area contributed by atoms with Crippen LogP contribution in [0.25, 0.3) is 0 Å². The number of para-hydroxylation sites is 2. The number of ether oxygens (including phenoxy) is 1. The Kier molecular flexibility index (Phi) is 11.3. The average molecular weight is 604 g/mol. The number of sulfonamides is 1. The number of halogens is 1. The molecular formula is C29H34ClN3O5S2. The number of anilines is 1. The summed E-state index contributed by atoms with van der Waals surface area (Å²) in [6.07, 6.45) is 2.23. The minimum Gasteiger partial charge on any atom is -0.492 e. The van der Waals surface area contributed by atoms with Gasteiger partial charge in [-0.2, -0.15) is 0 Å². The maximum Gasteiger partial charge on any atom is 0.264 e. The molecule has 214 valence electrons. The van der Waals surface area contributed by atoms with E-state index in [4.69, 9.17) is 16.3 Å². The van der Waals surface area contributed by atoms with Gasteiger partial charge >= 0.3 is 0 Å². The maximum atomic E-state index is 14.1. The van der Waals surface area contributed by atoms with E-state index in [1.54, 1.807) is 74.5 Å². The zero-order valence-corrected chi connectivity index (χ0v) is 25.4. The minimum absolute atomic E-state index is 0.0343. The van der Waals surface area contributed by atoms with Crippen LogP contribution in [-0.4, -0.2) is 57.6 Å². The lowest BCUT2D eigenvalue weighted by atomic mass is 10.1. The monoisotopic (exact) mass is 603 g/mol. The number of nitrogens with one attached hydrogen (secondary N) is 1. The second-order valence-electron chi connectivity index (χ2n) is 8.77. The number of benzene rings is 3. The van der Waals surface area contributed by atoms with Crippen molar-refractivity contribution in [3.8, 4) is 5.75 Å². The van der Waals surface area contributed by atoms with Gasteiger partial charge in [-0.05, 0) is 73.7 Å². The van der Waals surface area contributed by atoms with Crippen molar-refractivity contribution < 1.29 is 22.7 Å². The number of carbonyl (C=O) groups excluding carboxylic acids is 2. The van der Waals surface area contributed by atoms with Gasteiger partial charge in [0.25, 0.3) is 10.0 Å². The van der Waals surface area contributed by atoms with E-state index < -0.39 is 28.5 Å². The van der Waals surface area contributed by atoms with Crippen LogP contribution in [0.3, 0.4) is 0 Å². The lowest BCUT2D eigenvalue weighted by molar-refractivity contribution is -0.140. The second kappa shape index (κ2) is 14.4. The van der Waals surface area contributed by atoms with E-state index in [0.717, 1.165) is 14.8 Å². The Hall–Kier alpha value is -3.21. The topological polar surface area (TPSA) is 96.0 Å². The molecule has 0 unspecified atom stereocenters. The normalized spacial score (nSPS) is 11.9. The number of carbonyl (C=O) groups is 2. The third kappa shape index (κ3) is 7.50. The Balaban J connectivity index is 2.10. The number of amides is 2. The third-order valence-corrected chi connectivity index (χ3v) is 9.03. The van der Waals surface area contributed by atoms with Gasteiger partial charge in [0.15, 0.2) is 0 Å². The number of thioether (sulfide) groups is 1. The first-order valence-electron chi connectivity index (χ1n) is 12.8. The highest BCUT2D eigenvalue weighted by Crippen LogP contribution is 2.33. The molecule has 0 aliphatic carbocycles. The van der Waals surface area contributed by atoms with Crippen LogP contribution in [-0.2, 0) is 26.2 Å². The van der Waals surface area contributed by atoms with Crippen molar-refractivity contribution >= 4 is 50.9 Å². The van der Waals surface area contributed by atoms with Crippen LogP contribution in [0, 0.1) is 0 Å². The fraction of sp³-hybridized carbons (Fsp3) is 0.310. The predicted octanol–water partition coefficient (Wildman–Crippen LogP) is 5.21. The van der Waals surface area contributed by atoms with Crippen molar-refractivity contribution in [1.29, 1.82) is 0 Å². The Labute approximate surface area is 245 Å². The molecule has 0 fully saturated rings. The van der Waals surface area contributed by atoms with Crippen LogP contribution >= 0.6 is 23.4 Å². The average Bonchev–Trinajstić information content (AvgIpc) is 2.97. The van der Waals surface area contributed by atoms with Gasteiger partial charge in [0.2, 0.25) is 11.8 Å². The Morgan fingerprint density at radius 1 is 1.00 bits per heavy atom. The van der Waals surface area contributed by atoms with Gasteiger partial charge < -0.3 is 15.0 Å². The fourth-order valence-corrected chi connectivity index (χ4v) is 6.16. The quantitative estimate of drug-likeness (QED) is 0.270. The molecule has 0 aliphatic heterocycles. The molecule has 0 aromatic heterocycles. The van der Waals surface area contributed by atoms with Crippen molar-refractivity contribution in [1.82, 2.24) is 10.2 Å². The number of nitrogens with zero attached hydrogens (tertiary/aromatic N) is 2. The molecule has 0 heterocycles. The Morgan fingerprint density at radius 3 is 2.23 bits per heavy atom. The summed E-state index contributed by atoms with van der Waals surface area (Å²) in [4.78, 5) is 29.2. The van der Waals surface area contributed by atoms with Crippen LogP contribution in [0.1, 0.15) is 25.8 Å². The van der Waals surface area contributed by atoms with Gasteiger partial charge in [0, 0.05) is 23.5 Å². The van der Waals surface area contributed by atoms with E-state index in [1.165, 1.54) is 35.8 Å². The van der Waals surface area contributed by atoms with Gasteiger partial charge in [-0.15, -0.1) is 11.8 Å². The molecule has 0 aliphatic rings. The van der Waals surface area contributed by atoms with Gasteiger partial charge in [-0.1, -0.05) is 42.8 Å². The van der Waals surface area contributed by atoms with Crippen molar-refractivity contribution in [2.75, 3.05) is 30.8 Å². The second-order valence-corrected chi connectivity index (χ2v) is 12.0. The van der Waals surface area contributed by atoms with Crippen molar-refractivity contribution in [3.05, 3.63) is 83.4 Å². The molecule has 1 atom stereocenters. The molecule has 8 nitrogen and oxygen atoms in total. The summed E-state index contributed by atoms with van der Waals surface area (Å²) < 4.78 is 34.9. The lowest BCUT2D eigenvalue weighted by Crippen LogP contribution is -2.51. The molecule has 3 aromatic rings. The molecule has 0 radical (unpaired) electrons. The predicted molar refractivity (Wildman–Crippen MR) is 161 cm³/mol. The molecule has 0 saturated heterocycles. The fourth-order valence-electron chi connectivity index (χ4n) is 4.20. The first-order valence-corrected chi connectivity index (χ1v) is 15.8. The smallest absolute Gasteiger partial charge is 0.264 e. The van der Waals surface area contributed by atoms with Gasteiger partial charge in [-0.25, -0.2) is 8.42 Å². The molecule has 3 rings (SSSR count). The summed E-state index contributed by atoms with van der Waals surface area (Å²) in [5.74, 6) is -0.563. The Bertz CT molecular complexity index is 1400. The summed E-state index contributed by atoms with van der Waals surface area (Å²) >= 11 is 7.54. The lowest BCUT2D eigenvalue weighted by Gasteiger charge is -2.33. The van der Waals surface area contributed by atoms with Gasteiger partial charge in [-0.3, -0.25) is 13.9 Å². The van der Waals surface area contributed by atoms with Crippen LogP contribution < -0.4 is 14.4 Å². The summed E-state index contributed by atoms with van der Waals surface area (Å²) in [7, 11) is -2.70. The molecule has 0 saturated carbocycles. The molecule has 0 bridgehead atoms. The van der Waals surface area contributed by atoms with Gasteiger partial charge in [0.05, 0.1) is 17.2 Å². The van der Waals surface area contributed by atoms with Crippen LogP contribution in [0.4, 0.5) is 5.69 Å². The number of rotatable bonds is 13. The van der Waals surface area contributed by atoms with E-state index >= 15 is 0 Å². The number of likely N-dealkylation sites (N-methyl/N-ethyl adjacent to an activating group) is 1. The molecule has 3 aromatic carbocycles. The van der Waals surface area contributed by atoms with E-state index in [2.05, 4.69) is 5.32 Å². The Morgan fingerprint density at radius 2 is 1.65 bits per heavy atom. The van der Waals surface area contributed by atoms with E-state index in [0.29, 0.717) is 23.8 Å². The zero-order valence-electron chi connectivity index (χ0n) is 23.0. The number of hydrogen-bond acceptors (Lipinski definition) is 6. The summed E-state index contributed by atoms with van der Waals surface area (Å²) in [6, 6.07) is 19.3. The summed E-state index contributed by atoms with van der Waals surface area (Å²) in [5.41, 5.74) is 0.975. The van der Waals surface area contributed by atoms with Crippen LogP contribution in [0.5, 0.6) is 5.75 Å². The molecular weight excluding hydrogens is 570 g/mol. The highest BCUT2D eigenvalue weighted by molar-refractivity contribution is 7.98. The van der Waals surface area contributed by atoms with Crippen molar-refractivity contribution in [2.24, 2.45) is 0 Å². The van der Waals surface area contributed by atoms with Crippen LogP contribution in [0.15, 0.2) is 82.6 Å². The first-order chi connectivity index (χ1) is 19.2. The molecule has 0 spiro atoms. The summed E-state index contributed by atoms with van der Waals surface area (Å²) in [6.45, 7) is 3.45. The van der Waals surface area contributed by atoms with Crippen molar-refractivity contribution in [3.63, 3.8) is 0 Å². The van der Waals surface area contributed by atoms with E-state index in [1.807, 2.05) is 6.26 Å². The van der Waals surface area contributed by atoms with Crippen molar-refractivity contribution in [2.45, 2.75) is 42.6 Å². The largest absolute Gasteiger partial charge is 0.492 e. The first kappa shape index (κ1) is 31.3. The summed E-state index contributed by atoms with van der Waals surface area (Å²) in [5, 5.41) is 3.16. The minimum atomic E-state index is -4.21. The SMILES string of the molecule is CCOc1ccccc1N(CC(=O)N(Cc1ccc(Cl)cc1)[C@@H](CC)C(=O)NC)S(=O)(=O)c1ccc(SC)cc1. The highest BCUT2D eigenvalue weighted by atomic mass is 35.5. The van der Waals surface area contributed by atoms with Crippen LogP contribution in [0.2, 0.25) is 5.02 Å². The van der Waals surface area contributed by atoms with E-state index in [9.17, 15) is 18.0 Å². The molecule has 40 heavy (non-hydrogen) atoms.